The molecule has 6 nitrogen and oxygen atoms in total. The highest BCUT2D eigenvalue weighted by molar-refractivity contribution is 6.42. The van der Waals surface area contributed by atoms with E-state index in [1.807, 2.05) is 0 Å². The van der Waals surface area contributed by atoms with Gasteiger partial charge in [0.05, 0.1) is 16.1 Å². The Morgan fingerprint density at radius 2 is 1.72 bits per heavy atom. The number of fused-ring (bicyclic) bond motifs is 2. The Hall–Kier alpha value is -1.50. The van der Waals surface area contributed by atoms with Gasteiger partial charge in [-0.05, 0) is 30.9 Å². The number of carbonyl (C=O) groups is 2. The summed E-state index contributed by atoms with van der Waals surface area (Å²) >= 11 is 12.4. The maximum atomic E-state index is 12.8. The minimum Gasteiger partial charge on any atom is -0.508 e. The van der Waals surface area contributed by atoms with Gasteiger partial charge in [-0.2, -0.15) is 0 Å². The number of halogens is 2. The van der Waals surface area contributed by atoms with Gasteiger partial charge in [-0.1, -0.05) is 23.2 Å². The van der Waals surface area contributed by atoms with E-state index in [0.29, 0.717) is 41.4 Å². The van der Waals surface area contributed by atoms with Crippen LogP contribution in [0.15, 0.2) is 12.1 Å². The number of benzene rings is 1. The number of aliphatic hydroxyl groups excluding tert-OH is 1. The molecule has 3 heterocycles. The van der Waals surface area contributed by atoms with Gasteiger partial charge in [0.15, 0.2) is 0 Å². The van der Waals surface area contributed by atoms with Crippen LogP contribution in [0.1, 0.15) is 30.7 Å². The average Bonchev–Trinajstić information content (AvgIpc) is 2.98. The van der Waals surface area contributed by atoms with Crippen LogP contribution in [0.2, 0.25) is 10.0 Å². The summed E-state index contributed by atoms with van der Waals surface area (Å²) in [6.07, 6.45) is 0.634. The Labute approximate surface area is 154 Å². The van der Waals surface area contributed by atoms with Crippen LogP contribution in [-0.4, -0.2) is 63.1 Å². The summed E-state index contributed by atoms with van der Waals surface area (Å²) in [7, 11) is 0. The number of nitrogens with zero attached hydrogens (tertiary/aromatic N) is 2. The minimum atomic E-state index is -0.651. The molecular formula is C17H18Cl2N2O4. The van der Waals surface area contributed by atoms with E-state index in [0.717, 1.165) is 0 Å². The zero-order chi connectivity index (χ0) is 17.9. The van der Waals surface area contributed by atoms with E-state index in [-0.39, 0.29) is 30.0 Å². The number of rotatable bonds is 1. The molecule has 1 aromatic carbocycles. The molecule has 1 aromatic rings. The van der Waals surface area contributed by atoms with Crippen molar-refractivity contribution in [3.8, 4) is 5.75 Å². The summed E-state index contributed by atoms with van der Waals surface area (Å²) in [6.45, 7) is 0.621. The molecule has 0 bridgehead atoms. The first-order chi connectivity index (χ1) is 11.9. The second-order valence-corrected chi connectivity index (χ2v) is 7.74. The van der Waals surface area contributed by atoms with Crippen molar-refractivity contribution in [2.75, 3.05) is 13.1 Å². The molecule has 3 aliphatic rings. The zero-order valence-corrected chi connectivity index (χ0v) is 14.9. The second-order valence-electron chi connectivity index (χ2n) is 6.96. The Morgan fingerprint density at radius 1 is 1.04 bits per heavy atom. The molecule has 4 atom stereocenters. The van der Waals surface area contributed by atoms with E-state index in [9.17, 15) is 19.8 Å². The summed E-state index contributed by atoms with van der Waals surface area (Å²) in [4.78, 5) is 28.6. The third kappa shape index (κ3) is 2.58. The number of hydrogen-bond donors (Lipinski definition) is 2. The average molecular weight is 385 g/mol. The summed E-state index contributed by atoms with van der Waals surface area (Å²) in [6, 6.07) is 1.90. The summed E-state index contributed by atoms with van der Waals surface area (Å²) in [5.74, 6) is -0.338. The van der Waals surface area contributed by atoms with Gasteiger partial charge in [0.1, 0.15) is 17.8 Å². The molecule has 0 unspecified atom stereocenters. The van der Waals surface area contributed by atoms with E-state index in [4.69, 9.17) is 23.2 Å². The predicted octanol–water partition coefficient (Wildman–Crippen LogP) is 1.75. The van der Waals surface area contributed by atoms with Crippen LogP contribution >= 0.6 is 23.2 Å². The van der Waals surface area contributed by atoms with Gasteiger partial charge in [-0.15, -0.1) is 0 Å². The van der Waals surface area contributed by atoms with Crippen molar-refractivity contribution in [2.24, 2.45) is 0 Å². The molecule has 4 rings (SSSR count). The molecule has 3 saturated heterocycles. The predicted molar refractivity (Wildman–Crippen MR) is 91.7 cm³/mol. The zero-order valence-electron chi connectivity index (χ0n) is 13.4. The first kappa shape index (κ1) is 16.9. The molecule has 0 aromatic heterocycles. The minimum absolute atomic E-state index is 0.0527. The van der Waals surface area contributed by atoms with E-state index < -0.39 is 18.2 Å². The van der Waals surface area contributed by atoms with Gasteiger partial charge < -0.3 is 20.0 Å². The van der Waals surface area contributed by atoms with Crippen LogP contribution in [0, 0.1) is 0 Å². The molecule has 2 N–H and O–H groups in total. The van der Waals surface area contributed by atoms with Crippen molar-refractivity contribution >= 4 is 35.0 Å². The van der Waals surface area contributed by atoms with Crippen LogP contribution in [0.4, 0.5) is 0 Å². The van der Waals surface area contributed by atoms with Gasteiger partial charge in [-0.25, -0.2) is 0 Å². The summed E-state index contributed by atoms with van der Waals surface area (Å²) < 4.78 is 0. The number of aromatic hydroxyl groups is 1. The van der Waals surface area contributed by atoms with Crippen molar-refractivity contribution in [1.29, 1.82) is 0 Å². The first-order valence-corrected chi connectivity index (χ1v) is 9.10. The standard InChI is InChI=1S/C17H18Cl2N2O4/c18-10-1-2-13(23)14(15(10)19)8-3-4-20-11(5-8)17(25)21-7-9(22)6-12(21)16(20)24/h1-2,8-9,11-12,22-23H,3-7H2/t8-,9-,11+,12-/m0/s1. The van der Waals surface area contributed by atoms with Gasteiger partial charge >= 0.3 is 0 Å². The fourth-order valence-electron chi connectivity index (χ4n) is 4.34. The monoisotopic (exact) mass is 384 g/mol. The van der Waals surface area contributed by atoms with Crippen LogP contribution in [0.3, 0.4) is 0 Å². The normalized spacial score (nSPS) is 32.0. The number of hydrogen-bond acceptors (Lipinski definition) is 4. The van der Waals surface area contributed by atoms with Crippen molar-refractivity contribution in [3.05, 3.63) is 27.7 Å². The summed E-state index contributed by atoms with van der Waals surface area (Å²) in [5.41, 5.74) is 0.539. The lowest BCUT2D eigenvalue weighted by molar-refractivity contribution is -0.161. The summed E-state index contributed by atoms with van der Waals surface area (Å²) in [5, 5.41) is 20.7. The lowest BCUT2D eigenvalue weighted by Gasteiger charge is -2.46. The van der Waals surface area contributed by atoms with Crippen molar-refractivity contribution < 1.29 is 19.8 Å². The topological polar surface area (TPSA) is 81.1 Å². The van der Waals surface area contributed by atoms with Crippen LogP contribution in [0.25, 0.3) is 0 Å². The number of amides is 2. The SMILES string of the molecule is O=C1[C@@H]2C[C@H](O)CN2C(=O)[C@H]2C[C@@H](c3c(O)ccc(Cl)c3Cl)CCN12. The number of aliphatic hydroxyl groups is 1. The van der Waals surface area contributed by atoms with Crippen molar-refractivity contribution in [1.82, 2.24) is 9.80 Å². The van der Waals surface area contributed by atoms with Gasteiger partial charge in [-0.3, -0.25) is 9.59 Å². The molecule has 0 aliphatic carbocycles. The molecule has 0 spiro atoms. The maximum absolute atomic E-state index is 12.8. The van der Waals surface area contributed by atoms with Gasteiger partial charge in [0, 0.05) is 25.1 Å². The number of piperazine rings is 1. The Kier molecular flexibility index (Phi) is 4.09. The molecule has 0 radical (unpaired) electrons. The van der Waals surface area contributed by atoms with Gasteiger partial charge in [0.25, 0.3) is 0 Å². The van der Waals surface area contributed by atoms with Crippen molar-refractivity contribution in [2.45, 2.75) is 43.4 Å². The largest absolute Gasteiger partial charge is 0.508 e. The molecule has 25 heavy (non-hydrogen) atoms. The van der Waals surface area contributed by atoms with E-state index in [1.165, 1.54) is 17.0 Å². The molecule has 3 aliphatic heterocycles. The highest BCUT2D eigenvalue weighted by atomic mass is 35.5. The number of phenolic OH excluding ortho intramolecular Hbond substituents is 1. The highest BCUT2D eigenvalue weighted by Gasteiger charge is 2.52. The fraction of sp³-hybridized carbons (Fsp3) is 0.529. The van der Waals surface area contributed by atoms with Crippen LogP contribution in [-0.2, 0) is 9.59 Å². The van der Waals surface area contributed by atoms with E-state index in [1.54, 1.807) is 4.90 Å². The Bertz CT molecular complexity index is 756. The number of phenols is 1. The number of carbonyl (C=O) groups excluding carboxylic acids is 2. The van der Waals surface area contributed by atoms with Crippen LogP contribution < -0.4 is 0 Å². The number of piperidine rings is 1. The first-order valence-electron chi connectivity index (χ1n) is 8.34. The molecule has 8 heteroatoms. The lowest BCUT2D eigenvalue weighted by atomic mass is 9.83. The molecule has 0 saturated carbocycles. The van der Waals surface area contributed by atoms with E-state index >= 15 is 0 Å². The molecule has 134 valence electrons. The molecule has 2 amide bonds. The Morgan fingerprint density at radius 3 is 2.48 bits per heavy atom. The highest BCUT2D eigenvalue weighted by Crippen LogP contribution is 2.44. The fourth-order valence-corrected chi connectivity index (χ4v) is 4.82. The smallest absolute Gasteiger partial charge is 0.246 e. The Balaban J connectivity index is 1.64. The maximum Gasteiger partial charge on any atom is 0.246 e. The second kappa shape index (κ2) is 6.04. The third-order valence-electron chi connectivity index (χ3n) is 5.54. The third-order valence-corrected chi connectivity index (χ3v) is 6.35. The molecular weight excluding hydrogens is 367 g/mol. The lowest BCUT2D eigenvalue weighted by Crippen LogP contribution is -2.64. The van der Waals surface area contributed by atoms with E-state index in [2.05, 4.69) is 0 Å². The van der Waals surface area contributed by atoms with Crippen molar-refractivity contribution in [3.63, 3.8) is 0 Å². The van der Waals surface area contributed by atoms with Crippen LogP contribution in [0.5, 0.6) is 5.75 Å². The van der Waals surface area contributed by atoms with Gasteiger partial charge in [0.2, 0.25) is 11.8 Å². The molecule has 3 fully saturated rings. The quantitative estimate of drug-likeness (QED) is 0.772.